The Kier molecular flexibility index (Phi) is 2.88. The first-order valence-corrected chi connectivity index (χ1v) is 9.74. The number of imidazole rings is 1. The average Bonchev–Trinajstić information content (AvgIpc) is 3.24. The number of ether oxygens (including phenoxy) is 1. The second-order valence-corrected chi connectivity index (χ2v) is 8.79. The zero-order valence-corrected chi connectivity index (χ0v) is 15.2. The van der Waals surface area contributed by atoms with Gasteiger partial charge in [-0.2, -0.15) is 0 Å². The van der Waals surface area contributed by atoms with Gasteiger partial charge in [0, 0.05) is 17.6 Å². The molecule has 4 fully saturated rings. The molecule has 4 saturated carbocycles. The quantitative estimate of drug-likeness (QED) is 0.682. The minimum absolute atomic E-state index is 0.0520. The van der Waals surface area contributed by atoms with Crippen LogP contribution in [-0.4, -0.2) is 32.6 Å². The molecule has 4 aliphatic rings. The van der Waals surface area contributed by atoms with Crippen molar-refractivity contribution in [1.82, 2.24) is 19.5 Å². The van der Waals surface area contributed by atoms with Crippen LogP contribution in [0.5, 0.6) is 0 Å². The molecule has 0 saturated heterocycles. The Morgan fingerprint density at radius 1 is 1.30 bits per heavy atom. The van der Waals surface area contributed by atoms with E-state index in [1.807, 2.05) is 16.8 Å². The van der Waals surface area contributed by atoms with E-state index in [0.717, 1.165) is 54.2 Å². The molecule has 0 spiro atoms. The zero-order chi connectivity index (χ0) is 18.3. The second-order valence-electron chi connectivity index (χ2n) is 8.79. The highest BCUT2D eigenvalue weighted by molar-refractivity contribution is 6.01. The summed E-state index contributed by atoms with van der Waals surface area (Å²) >= 11 is 0. The lowest BCUT2D eigenvalue weighted by molar-refractivity contribution is -0.173. The number of H-pyrrole nitrogens is 2. The Labute approximate surface area is 155 Å². The van der Waals surface area contributed by atoms with E-state index in [2.05, 4.69) is 15.0 Å². The molecule has 2 N–H and O–H groups in total. The van der Waals surface area contributed by atoms with Gasteiger partial charge in [0.1, 0.15) is 5.65 Å². The molecule has 2 unspecified atom stereocenters. The van der Waals surface area contributed by atoms with Gasteiger partial charge < -0.3 is 14.7 Å². The summed E-state index contributed by atoms with van der Waals surface area (Å²) in [6, 6.07) is 2.13. The van der Waals surface area contributed by atoms with Crippen LogP contribution in [0.1, 0.15) is 38.1 Å². The van der Waals surface area contributed by atoms with Crippen molar-refractivity contribution in [3.05, 3.63) is 28.9 Å². The fourth-order valence-corrected chi connectivity index (χ4v) is 6.79. The van der Waals surface area contributed by atoms with Gasteiger partial charge in [-0.25, -0.2) is 9.78 Å². The van der Waals surface area contributed by atoms with Crippen LogP contribution >= 0.6 is 0 Å². The molecule has 3 aromatic heterocycles. The molecule has 0 radical (unpaired) electrons. The van der Waals surface area contributed by atoms with Gasteiger partial charge in [-0.05, 0) is 55.9 Å². The monoisotopic (exact) mass is 366 g/mol. The number of esters is 1. The molecule has 140 valence electrons. The number of methoxy groups -OCH3 is 1. The molecule has 4 bridgehead atoms. The molecular weight excluding hydrogens is 344 g/mol. The van der Waals surface area contributed by atoms with Crippen molar-refractivity contribution >= 4 is 28.0 Å². The number of hydrogen-bond acceptors (Lipinski definition) is 4. The first-order valence-electron chi connectivity index (χ1n) is 9.74. The number of hydrogen-bond donors (Lipinski definition) is 2. The minimum Gasteiger partial charge on any atom is -0.469 e. The number of nitrogens with one attached hydrogen (secondary N) is 2. The summed E-state index contributed by atoms with van der Waals surface area (Å²) in [4.78, 5) is 36.1. The molecule has 7 nitrogen and oxygen atoms in total. The Balaban J connectivity index is 1.53. The van der Waals surface area contributed by atoms with E-state index in [4.69, 9.17) is 4.74 Å². The zero-order valence-electron chi connectivity index (χ0n) is 15.2. The lowest BCUT2D eigenvalue weighted by Crippen LogP contribution is -2.55. The van der Waals surface area contributed by atoms with Crippen LogP contribution in [0, 0.1) is 23.2 Å². The molecule has 0 aromatic carbocycles. The maximum atomic E-state index is 13.0. The summed E-state index contributed by atoms with van der Waals surface area (Å²) in [7, 11) is 1.50. The lowest BCUT2D eigenvalue weighted by atomic mass is 9.48. The van der Waals surface area contributed by atoms with Crippen molar-refractivity contribution in [2.75, 3.05) is 7.11 Å². The van der Waals surface area contributed by atoms with Gasteiger partial charge in [0.05, 0.1) is 29.8 Å². The van der Waals surface area contributed by atoms with E-state index < -0.39 is 0 Å². The first kappa shape index (κ1) is 15.5. The highest BCUT2D eigenvalue weighted by Gasteiger charge is 2.59. The number of aromatic amines is 2. The predicted octanol–water partition coefficient (Wildman–Crippen LogP) is 2.75. The summed E-state index contributed by atoms with van der Waals surface area (Å²) in [5, 5.41) is 0.974. The fraction of sp³-hybridized carbons (Fsp3) is 0.550. The minimum atomic E-state index is -0.331. The van der Waals surface area contributed by atoms with Gasteiger partial charge >= 0.3 is 11.7 Å². The van der Waals surface area contributed by atoms with E-state index >= 15 is 0 Å². The molecule has 3 heterocycles. The molecule has 2 atom stereocenters. The average molecular weight is 366 g/mol. The number of nitrogens with zero attached hydrogens (tertiary/aromatic N) is 2. The van der Waals surface area contributed by atoms with Crippen LogP contribution in [0.2, 0.25) is 0 Å². The lowest BCUT2D eigenvalue weighted by Gasteiger charge is -2.58. The van der Waals surface area contributed by atoms with Crippen LogP contribution in [0.25, 0.3) is 22.1 Å². The molecule has 4 aliphatic carbocycles. The van der Waals surface area contributed by atoms with Crippen LogP contribution in [0.4, 0.5) is 0 Å². The molecule has 7 heteroatoms. The third-order valence-corrected chi connectivity index (χ3v) is 7.40. The van der Waals surface area contributed by atoms with E-state index in [9.17, 15) is 9.59 Å². The van der Waals surface area contributed by atoms with Gasteiger partial charge in [-0.1, -0.05) is 0 Å². The van der Waals surface area contributed by atoms with Gasteiger partial charge in [-0.3, -0.25) is 9.36 Å². The van der Waals surface area contributed by atoms with Crippen molar-refractivity contribution in [2.45, 2.75) is 38.1 Å². The maximum Gasteiger partial charge on any atom is 0.326 e. The van der Waals surface area contributed by atoms with Gasteiger partial charge in [-0.15, -0.1) is 0 Å². The van der Waals surface area contributed by atoms with Crippen molar-refractivity contribution in [3.8, 4) is 0 Å². The smallest absolute Gasteiger partial charge is 0.326 e. The third kappa shape index (κ3) is 1.89. The van der Waals surface area contributed by atoms with Crippen LogP contribution in [-0.2, 0) is 9.53 Å². The number of rotatable bonds is 2. The van der Waals surface area contributed by atoms with E-state index in [1.165, 1.54) is 7.11 Å². The normalized spacial score (nSPS) is 34.6. The molecule has 27 heavy (non-hydrogen) atoms. The molecule has 3 aromatic rings. The van der Waals surface area contributed by atoms with E-state index in [-0.39, 0.29) is 23.1 Å². The molecule has 0 aliphatic heterocycles. The second kappa shape index (κ2) is 5.03. The van der Waals surface area contributed by atoms with Crippen molar-refractivity contribution in [1.29, 1.82) is 0 Å². The predicted molar refractivity (Wildman–Crippen MR) is 99.3 cm³/mol. The van der Waals surface area contributed by atoms with E-state index in [0.29, 0.717) is 17.8 Å². The highest BCUT2D eigenvalue weighted by Crippen LogP contribution is 2.64. The third-order valence-electron chi connectivity index (χ3n) is 7.40. The molecule has 7 rings (SSSR count). The molecular formula is C20H22N4O3. The van der Waals surface area contributed by atoms with Gasteiger partial charge in [0.15, 0.2) is 0 Å². The van der Waals surface area contributed by atoms with E-state index in [1.54, 1.807) is 6.20 Å². The number of aromatic nitrogens is 4. The standard InChI is InChI=1S/C20H22N4O3/c1-27-18(25)20-6-10-4-11(7-20)15(12(5-10)8-20)24-16-13-2-3-21-17(13)22-9-14(16)23-19(24)26/h2-3,9-12,15H,4-8H2,1H3,(H,21,22)(H,23,26). The highest BCUT2D eigenvalue weighted by atomic mass is 16.5. The number of fused-ring (bicyclic) bond motifs is 3. The Hall–Kier alpha value is -2.57. The SMILES string of the molecule is COC(=O)C12CC3CC(C1)C(n1c(=O)[nH]c4cnc5[nH]ccc5c41)C(C3)C2. The Morgan fingerprint density at radius 2 is 2.07 bits per heavy atom. The largest absolute Gasteiger partial charge is 0.469 e. The Bertz CT molecular complexity index is 1120. The number of carbonyl (C=O) groups excluding carboxylic acids is 1. The molecule has 0 amide bonds. The summed E-state index contributed by atoms with van der Waals surface area (Å²) in [6.45, 7) is 0. The number of carbonyl (C=O) groups is 1. The van der Waals surface area contributed by atoms with Gasteiger partial charge in [0.2, 0.25) is 0 Å². The van der Waals surface area contributed by atoms with Crippen molar-refractivity contribution in [3.63, 3.8) is 0 Å². The Morgan fingerprint density at radius 3 is 2.81 bits per heavy atom. The van der Waals surface area contributed by atoms with Crippen LogP contribution in [0.15, 0.2) is 23.3 Å². The van der Waals surface area contributed by atoms with Gasteiger partial charge in [0.25, 0.3) is 0 Å². The van der Waals surface area contributed by atoms with Crippen LogP contribution in [0.3, 0.4) is 0 Å². The van der Waals surface area contributed by atoms with Crippen molar-refractivity contribution in [2.24, 2.45) is 23.2 Å². The summed E-state index contributed by atoms with van der Waals surface area (Å²) < 4.78 is 7.15. The summed E-state index contributed by atoms with van der Waals surface area (Å²) in [6.07, 6.45) is 8.41. The summed E-state index contributed by atoms with van der Waals surface area (Å²) in [5.74, 6) is 1.21. The summed E-state index contributed by atoms with van der Waals surface area (Å²) in [5.41, 5.74) is 2.12. The maximum absolute atomic E-state index is 13.0. The first-order chi connectivity index (χ1) is 13.1. The number of pyridine rings is 1. The van der Waals surface area contributed by atoms with Crippen LogP contribution < -0.4 is 5.69 Å². The topological polar surface area (TPSA) is 92.8 Å². The van der Waals surface area contributed by atoms with Crippen molar-refractivity contribution < 1.29 is 9.53 Å². The fourth-order valence-electron chi connectivity index (χ4n) is 6.79.